The lowest BCUT2D eigenvalue weighted by atomic mass is 9.86. The minimum Gasteiger partial charge on any atom is -0.486 e. The number of para-hydroxylation sites is 1. The molecule has 1 heterocycles. The largest absolute Gasteiger partial charge is 0.486 e. The number of rotatable bonds is 4. The van der Waals surface area contributed by atoms with Gasteiger partial charge in [0.1, 0.15) is 17.4 Å². The molecule has 0 saturated carbocycles. The summed E-state index contributed by atoms with van der Waals surface area (Å²) in [5.74, 6) is 1.38. The Balaban J connectivity index is 2.11. The normalized spacial score (nSPS) is 11.6. The highest BCUT2D eigenvalue weighted by Crippen LogP contribution is 2.31. The van der Waals surface area contributed by atoms with Gasteiger partial charge in [0.05, 0.1) is 11.6 Å². The lowest BCUT2D eigenvalue weighted by molar-refractivity contribution is 0.297. The van der Waals surface area contributed by atoms with Crippen LogP contribution in [0, 0.1) is 0 Å². The van der Waals surface area contributed by atoms with E-state index in [0.717, 1.165) is 16.5 Å². The Bertz CT molecular complexity index is 545. The topological polar surface area (TPSA) is 22.1 Å². The first-order valence-electron chi connectivity index (χ1n) is 6.22. The highest BCUT2D eigenvalue weighted by atomic mass is 35.5. The number of ether oxygens (including phenoxy) is 1. The summed E-state index contributed by atoms with van der Waals surface area (Å²) >= 11 is 7.33. The minimum atomic E-state index is 0.0702. The summed E-state index contributed by atoms with van der Waals surface area (Å²) in [6, 6.07) is 8.16. The highest BCUT2D eigenvalue weighted by Gasteiger charge is 2.18. The van der Waals surface area contributed by atoms with E-state index in [2.05, 4.69) is 31.8 Å². The molecular formula is C15H18ClNOS. The summed E-state index contributed by atoms with van der Waals surface area (Å²) in [7, 11) is 0. The van der Waals surface area contributed by atoms with Crippen molar-refractivity contribution >= 4 is 22.9 Å². The second-order valence-electron chi connectivity index (χ2n) is 5.40. The molecular weight excluding hydrogens is 278 g/mol. The fourth-order valence-corrected chi connectivity index (χ4v) is 2.76. The summed E-state index contributed by atoms with van der Waals surface area (Å²) in [6.45, 7) is 7.05. The van der Waals surface area contributed by atoms with Crippen molar-refractivity contribution in [1.82, 2.24) is 4.98 Å². The monoisotopic (exact) mass is 295 g/mol. The van der Waals surface area contributed by atoms with E-state index in [-0.39, 0.29) is 5.41 Å². The Kier molecular flexibility index (Phi) is 4.48. The Morgan fingerprint density at radius 2 is 2.00 bits per heavy atom. The van der Waals surface area contributed by atoms with Gasteiger partial charge in [-0.3, -0.25) is 0 Å². The van der Waals surface area contributed by atoms with Crippen LogP contribution in [0.1, 0.15) is 37.0 Å². The van der Waals surface area contributed by atoms with Crippen molar-refractivity contribution in [2.75, 3.05) is 0 Å². The zero-order valence-corrected chi connectivity index (χ0v) is 13.0. The lowest BCUT2D eigenvalue weighted by Gasteiger charge is -2.22. The third kappa shape index (κ3) is 3.71. The van der Waals surface area contributed by atoms with Gasteiger partial charge in [-0.1, -0.05) is 39.0 Å². The van der Waals surface area contributed by atoms with Crippen molar-refractivity contribution in [3.05, 3.63) is 45.9 Å². The number of halogens is 1. The second-order valence-corrected chi connectivity index (χ2v) is 6.61. The summed E-state index contributed by atoms with van der Waals surface area (Å²) in [5.41, 5.74) is 2.19. The first kappa shape index (κ1) is 14.4. The molecule has 1 aromatic heterocycles. The van der Waals surface area contributed by atoms with Gasteiger partial charge in [-0.2, -0.15) is 0 Å². The predicted molar refractivity (Wildman–Crippen MR) is 81.1 cm³/mol. The number of alkyl halides is 1. The average Bonchev–Trinajstić information content (AvgIpc) is 2.83. The molecule has 4 heteroatoms. The third-order valence-corrected chi connectivity index (χ3v) is 3.93. The molecule has 1 aromatic carbocycles. The van der Waals surface area contributed by atoms with E-state index in [1.165, 1.54) is 5.56 Å². The maximum Gasteiger partial charge on any atom is 0.140 e. The van der Waals surface area contributed by atoms with Gasteiger partial charge in [0, 0.05) is 5.38 Å². The smallest absolute Gasteiger partial charge is 0.140 e. The van der Waals surface area contributed by atoms with Crippen molar-refractivity contribution in [3.8, 4) is 5.75 Å². The summed E-state index contributed by atoms with van der Waals surface area (Å²) in [6.07, 6.45) is 0. The lowest BCUT2D eigenvalue weighted by Crippen LogP contribution is -2.13. The molecule has 0 fully saturated rings. The van der Waals surface area contributed by atoms with Gasteiger partial charge in [0.15, 0.2) is 0 Å². The molecule has 0 aliphatic rings. The van der Waals surface area contributed by atoms with Crippen LogP contribution in [-0.4, -0.2) is 4.98 Å². The van der Waals surface area contributed by atoms with E-state index in [4.69, 9.17) is 16.3 Å². The van der Waals surface area contributed by atoms with E-state index < -0.39 is 0 Å². The Morgan fingerprint density at radius 3 is 2.63 bits per heavy atom. The van der Waals surface area contributed by atoms with Crippen LogP contribution in [0.15, 0.2) is 29.6 Å². The van der Waals surface area contributed by atoms with Crippen LogP contribution in [0.4, 0.5) is 0 Å². The molecule has 0 radical (unpaired) electrons. The van der Waals surface area contributed by atoms with Crippen molar-refractivity contribution in [3.63, 3.8) is 0 Å². The third-order valence-electron chi connectivity index (χ3n) is 2.78. The molecule has 2 aromatic rings. The molecule has 0 N–H and O–H groups in total. The Morgan fingerprint density at radius 1 is 1.26 bits per heavy atom. The van der Waals surface area contributed by atoms with Crippen LogP contribution in [0.2, 0.25) is 0 Å². The van der Waals surface area contributed by atoms with Gasteiger partial charge in [0.25, 0.3) is 0 Å². The molecule has 0 bridgehead atoms. The van der Waals surface area contributed by atoms with Crippen molar-refractivity contribution in [2.24, 2.45) is 0 Å². The molecule has 2 nitrogen and oxygen atoms in total. The summed E-state index contributed by atoms with van der Waals surface area (Å²) in [4.78, 5) is 4.40. The van der Waals surface area contributed by atoms with Crippen LogP contribution < -0.4 is 4.74 Å². The SMILES string of the molecule is CC(C)(C)c1ccccc1OCc1nc(CCl)cs1. The molecule has 0 unspecified atom stereocenters. The molecule has 0 amide bonds. The van der Waals surface area contributed by atoms with Gasteiger partial charge >= 0.3 is 0 Å². The first-order chi connectivity index (χ1) is 9.00. The van der Waals surface area contributed by atoms with Crippen LogP contribution in [0.25, 0.3) is 0 Å². The summed E-state index contributed by atoms with van der Waals surface area (Å²) < 4.78 is 5.91. The van der Waals surface area contributed by atoms with Crippen molar-refractivity contribution < 1.29 is 4.74 Å². The fourth-order valence-electron chi connectivity index (χ4n) is 1.83. The Labute approximate surface area is 123 Å². The quantitative estimate of drug-likeness (QED) is 0.759. The van der Waals surface area contributed by atoms with Crippen LogP contribution in [0.5, 0.6) is 5.75 Å². The first-order valence-corrected chi connectivity index (χ1v) is 7.63. The fraction of sp³-hybridized carbons (Fsp3) is 0.400. The molecule has 0 atom stereocenters. The number of hydrogen-bond acceptors (Lipinski definition) is 3. The van der Waals surface area contributed by atoms with Gasteiger partial charge < -0.3 is 4.74 Å². The molecule has 0 aliphatic heterocycles. The highest BCUT2D eigenvalue weighted by molar-refractivity contribution is 7.09. The average molecular weight is 296 g/mol. The van der Waals surface area contributed by atoms with E-state index in [1.54, 1.807) is 11.3 Å². The van der Waals surface area contributed by atoms with Gasteiger partial charge in [-0.15, -0.1) is 22.9 Å². The predicted octanol–water partition coefficient (Wildman–Crippen LogP) is 4.76. The summed E-state index contributed by atoms with van der Waals surface area (Å²) in [5, 5.41) is 2.93. The molecule has 19 heavy (non-hydrogen) atoms. The van der Waals surface area contributed by atoms with Crippen LogP contribution in [-0.2, 0) is 17.9 Å². The maximum absolute atomic E-state index is 5.91. The molecule has 102 valence electrons. The van der Waals surface area contributed by atoms with E-state index in [9.17, 15) is 0 Å². The Hall–Kier alpha value is -1.06. The molecule has 0 saturated heterocycles. The molecule has 0 spiro atoms. The van der Waals surface area contributed by atoms with E-state index in [1.807, 2.05) is 23.6 Å². The second kappa shape index (κ2) is 5.93. The minimum absolute atomic E-state index is 0.0702. The van der Waals surface area contributed by atoms with Crippen LogP contribution in [0.3, 0.4) is 0 Å². The molecule has 0 aliphatic carbocycles. The van der Waals surface area contributed by atoms with Gasteiger partial charge in [-0.05, 0) is 17.0 Å². The van der Waals surface area contributed by atoms with Gasteiger partial charge in [0.2, 0.25) is 0 Å². The zero-order chi connectivity index (χ0) is 13.9. The molecule has 2 rings (SSSR count). The number of thiazole rings is 1. The maximum atomic E-state index is 5.91. The van der Waals surface area contributed by atoms with Gasteiger partial charge in [-0.25, -0.2) is 4.98 Å². The standard InChI is InChI=1S/C15H18ClNOS/c1-15(2,3)12-6-4-5-7-13(12)18-9-14-17-11(8-16)10-19-14/h4-7,10H,8-9H2,1-3H3. The number of aromatic nitrogens is 1. The van der Waals surface area contributed by atoms with E-state index >= 15 is 0 Å². The van der Waals surface area contributed by atoms with Crippen molar-refractivity contribution in [2.45, 2.75) is 38.7 Å². The number of nitrogens with zero attached hydrogens (tertiary/aromatic N) is 1. The van der Waals surface area contributed by atoms with Crippen molar-refractivity contribution in [1.29, 1.82) is 0 Å². The number of benzene rings is 1. The zero-order valence-electron chi connectivity index (χ0n) is 11.4. The van der Waals surface area contributed by atoms with E-state index in [0.29, 0.717) is 12.5 Å². The number of hydrogen-bond donors (Lipinski definition) is 0. The van der Waals surface area contributed by atoms with Crippen LogP contribution >= 0.6 is 22.9 Å².